The molecule has 0 saturated carbocycles. The maximum Gasteiger partial charge on any atom is 0.262 e. The number of para-hydroxylation sites is 1. The molecule has 3 nitrogen and oxygen atoms in total. The SMILES string of the molecule is CC(C)c1cccc(C(C)C)c1NC(=O)COc1ccc(Cl)cc1Cl. The van der Waals surface area contributed by atoms with Gasteiger partial charge < -0.3 is 10.1 Å². The first-order valence-corrected chi connectivity index (χ1v) is 9.05. The first-order valence-electron chi connectivity index (χ1n) is 8.30. The minimum absolute atomic E-state index is 0.120. The molecular weight excluding hydrogens is 357 g/mol. The molecule has 2 aromatic carbocycles. The molecule has 2 rings (SSSR count). The second-order valence-corrected chi connectivity index (χ2v) is 7.38. The summed E-state index contributed by atoms with van der Waals surface area (Å²) in [5, 5.41) is 3.91. The Morgan fingerprint density at radius 2 is 1.64 bits per heavy atom. The van der Waals surface area contributed by atoms with Crippen LogP contribution in [-0.4, -0.2) is 12.5 Å². The molecule has 0 fully saturated rings. The highest BCUT2D eigenvalue weighted by molar-refractivity contribution is 6.35. The predicted octanol–water partition coefficient (Wildman–Crippen LogP) is 6.26. The Bertz CT molecular complexity index is 731. The zero-order valence-electron chi connectivity index (χ0n) is 14.9. The molecule has 5 heteroatoms. The van der Waals surface area contributed by atoms with Gasteiger partial charge in [-0.25, -0.2) is 0 Å². The summed E-state index contributed by atoms with van der Waals surface area (Å²) < 4.78 is 5.52. The van der Waals surface area contributed by atoms with Gasteiger partial charge >= 0.3 is 0 Å². The van der Waals surface area contributed by atoms with E-state index < -0.39 is 0 Å². The van der Waals surface area contributed by atoms with Crippen LogP contribution in [-0.2, 0) is 4.79 Å². The van der Waals surface area contributed by atoms with Crippen molar-refractivity contribution in [2.45, 2.75) is 39.5 Å². The van der Waals surface area contributed by atoms with Crippen LogP contribution < -0.4 is 10.1 Å². The zero-order chi connectivity index (χ0) is 18.6. The van der Waals surface area contributed by atoms with Gasteiger partial charge in [0.05, 0.1) is 5.02 Å². The number of carbonyl (C=O) groups excluding carboxylic acids is 1. The van der Waals surface area contributed by atoms with Gasteiger partial charge in [-0.1, -0.05) is 69.1 Å². The lowest BCUT2D eigenvalue weighted by Gasteiger charge is -2.20. The summed E-state index contributed by atoms with van der Waals surface area (Å²) >= 11 is 11.9. The van der Waals surface area contributed by atoms with E-state index in [2.05, 4.69) is 33.0 Å². The molecule has 0 saturated heterocycles. The molecule has 0 aromatic heterocycles. The van der Waals surface area contributed by atoms with Crippen LogP contribution in [0.25, 0.3) is 0 Å². The highest BCUT2D eigenvalue weighted by Crippen LogP contribution is 2.32. The van der Waals surface area contributed by atoms with E-state index in [1.54, 1.807) is 18.2 Å². The summed E-state index contributed by atoms with van der Waals surface area (Å²) in [6.45, 7) is 8.32. The van der Waals surface area contributed by atoms with Crippen LogP contribution in [0.5, 0.6) is 5.75 Å². The molecular formula is C20H23Cl2NO2. The van der Waals surface area contributed by atoms with E-state index in [0.717, 1.165) is 16.8 Å². The molecule has 0 aliphatic heterocycles. The molecule has 0 heterocycles. The Morgan fingerprint density at radius 3 is 2.16 bits per heavy atom. The lowest BCUT2D eigenvalue weighted by Crippen LogP contribution is -2.22. The number of hydrogen-bond acceptors (Lipinski definition) is 2. The molecule has 134 valence electrons. The minimum Gasteiger partial charge on any atom is -0.482 e. The summed E-state index contributed by atoms with van der Waals surface area (Å²) in [7, 11) is 0. The van der Waals surface area contributed by atoms with Crippen LogP contribution in [0.2, 0.25) is 10.0 Å². The van der Waals surface area contributed by atoms with E-state index >= 15 is 0 Å². The van der Waals surface area contributed by atoms with Crippen molar-refractivity contribution in [3.05, 3.63) is 57.6 Å². The highest BCUT2D eigenvalue weighted by atomic mass is 35.5. The summed E-state index contributed by atoms with van der Waals surface area (Å²) in [5.41, 5.74) is 3.11. The number of halogens is 2. The largest absolute Gasteiger partial charge is 0.482 e. The smallest absolute Gasteiger partial charge is 0.262 e. The number of amides is 1. The van der Waals surface area contributed by atoms with Gasteiger partial charge in [0.1, 0.15) is 5.75 Å². The van der Waals surface area contributed by atoms with Gasteiger partial charge in [0, 0.05) is 10.7 Å². The molecule has 25 heavy (non-hydrogen) atoms. The molecule has 0 radical (unpaired) electrons. The average Bonchev–Trinajstić information content (AvgIpc) is 2.53. The minimum atomic E-state index is -0.221. The Balaban J connectivity index is 2.14. The van der Waals surface area contributed by atoms with Crippen molar-refractivity contribution in [3.8, 4) is 5.75 Å². The van der Waals surface area contributed by atoms with Crippen molar-refractivity contribution < 1.29 is 9.53 Å². The summed E-state index contributed by atoms with van der Waals surface area (Å²) in [6.07, 6.45) is 0. The Morgan fingerprint density at radius 1 is 1.04 bits per heavy atom. The quantitative estimate of drug-likeness (QED) is 0.643. The van der Waals surface area contributed by atoms with Gasteiger partial charge in [0.25, 0.3) is 5.91 Å². The summed E-state index contributed by atoms with van der Waals surface area (Å²) in [5.74, 6) is 0.824. The van der Waals surface area contributed by atoms with Crippen LogP contribution in [0.3, 0.4) is 0 Å². The van der Waals surface area contributed by atoms with Crippen molar-refractivity contribution >= 4 is 34.8 Å². The fraction of sp³-hybridized carbons (Fsp3) is 0.350. The van der Waals surface area contributed by atoms with Crippen molar-refractivity contribution in [2.75, 3.05) is 11.9 Å². The summed E-state index contributed by atoms with van der Waals surface area (Å²) in [6, 6.07) is 11.0. The lowest BCUT2D eigenvalue weighted by atomic mass is 9.92. The van der Waals surface area contributed by atoms with E-state index in [1.807, 2.05) is 18.2 Å². The van der Waals surface area contributed by atoms with Crippen molar-refractivity contribution in [1.82, 2.24) is 0 Å². The van der Waals surface area contributed by atoms with Gasteiger partial charge in [-0.05, 0) is 41.2 Å². The van der Waals surface area contributed by atoms with Crippen LogP contribution in [0.4, 0.5) is 5.69 Å². The number of carbonyl (C=O) groups is 1. The first-order chi connectivity index (χ1) is 11.8. The van der Waals surface area contributed by atoms with Crippen molar-refractivity contribution in [1.29, 1.82) is 0 Å². The monoisotopic (exact) mass is 379 g/mol. The predicted molar refractivity (Wildman–Crippen MR) is 105 cm³/mol. The van der Waals surface area contributed by atoms with Crippen LogP contribution in [0.15, 0.2) is 36.4 Å². The van der Waals surface area contributed by atoms with Crippen LogP contribution in [0.1, 0.15) is 50.7 Å². The Kier molecular flexibility index (Phi) is 6.74. The molecule has 0 aliphatic rings. The second kappa shape index (κ2) is 8.59. The Labute approximate surface area is 159 Å². The standard InChI is InChI=1S/C20H23Cl2NO2/c1-12(2)15-6-5-7-16(13(3)4)20(15)23-19(24)11-25-18-9-8-14(21)10-17(18)22/h5-10,12-13H,11H2,1-4H3,(H,23,24). The maximum absolute atomic E-state index is 12.4. The van der Waals surface area contributed by atoms with Gasteiger partial charge in [-0.2, -0.15) is 0 Å². The van der Waals surface area contributed by atoms with Gasteiger partial charge in [-0.15, -0.1) is 0 Å². The third-order valence-electron chi connectivity index (χ3n) is 3.89. The van der Waals surface area contributed by atoms with E-state index in [0.29, 0.717) is 27.6 Å². The first kappa shape index (κ1) is 19.6. The van der Waals surface area contributed by atoms with Gasteiger partial charge in [0.2, 0.25) is 0 Å². The molecule has 2 aromatic rings. The zero-order valence-corrected chi connectivity index (χ0v) is 16.4. The Hall–Kier alpha value is -1.71. The highest BCUT2D eigenvalue weighted by Gasteiger charge is 2.16. The van der Waals surface area contributed by atoms with E-state index in [4.69, 9.17) is 27.9 Å². The molecule has 0 bridgehead atoms. The fourth-order valence-electron chi connectivity index (χ4n) is 2.61. The number of hydrogen-bond donors (Lipinski definition) is 1. The van der Waals surface area contributed by atoms with E-state index in [-0.39, 0.29) is 12.5 Å². The van der Waals surface area contributed by atoms with E-state index in [9.17, 15) is 4.79 Å². The van der Waals surface area contributed by atoms with E-state index in [1.165, 1.54) is 0 Å². The lowest BCUT2D eigenvalue weighted by molar-refractivity contribution is -0.118. The molecule has 1 N–H and O–H groups in total. The average molecular weight is 380 g/mol. The number of rotatable bonds is 6. The number of benzene rings is 2. The van der Waals surface area contributed by atoms with Crippen LogP contribution in [0, 0.1) is 0 Å². The van der Waals surface area contributed by atoms with Crippen molar-refractivity contribution in [3.63, 3.8) is 0 Å². The third kappa shape index (κ3) is 5.13. The van der Waals surface area contributed by atoms with Crippen LogP contribution >= 0.6 is 23.2 Å². The fourth-order valence-corrected chi connectivity index (χ4v) is 3.07. The molecule has 0 unspecified atom stereocenters. The topological polar surface area (TPSA) is 38.3 Å². The number of anilines is 1. The summed E-state index contributed by atoms with van der Waals surface area (Å²) in [4.78, 5) is 12.4. The molecule has 1 amide bonds. The van der Waals surface area contributed by atoms with Gasteiger partial charge in [0.15, 0.2) is 6.61 Å². The van der Waals surface area contributed by atoms with Crippen molar-refractivity contribution in [2.24, 2.45) is 0 Å². The molecule has 0 atom stereocenters. The second-order valence-electron chi connectivity index (χ2n) is 6.53. The maximum atomic E-state index is 12.4. The third-order valence-corrected chi connectivity index (χ3v) is 4.42. The number of ether oxygens (including phenoxy) is 1. The van der Waals surface area contributed by atoms with Gasteiger partial charge in [-0.3, -0.25) is 4.79 Å². The molecule has 0 spiro atoms. The normalized spacial score (nSPS) is 11.0. The number of nitrogens with one attached hydrogen (secondary N) is 1. The molecule has 0 aliphatic carbocycles.